The molecule has 4 rings (SSSR count). The topological polar surface area (TPSA) is 62.5 Å². The van der Waals surface area contributed by atoms with E-state index >= 15 is 0 Å². The SMILES string of the molecule is Cc1nc2ccc(C=C3SC(Nc4ccccc4)=NC3=O)cc2n1CCN(C)C. The number of nitrogens with zero attached hydrogens (tertiary/aromatic N) is 4. The first-order valence-corrected chi connectivity index (χ1v) is 10.3. The van der Waals surface area contributed by atoms with Gasteiger partial charge in [0.05, 0.1) is 15.9 Å². The van der Waals surface area contributed by atoms with Gasteiger partial charge >= 0.3 is 0 Å². The number of para-hydroxylation sites is 1. The number of nitrogens with one attached hydrogen (secondary N) is 1. The number of imidazole rings is 1. The summed E-state index contributed by atoms with van der Waals surface area (Å²) in [7, 11) is 4.13. The number of amides is 1. The minimum Gasteiger partial charge on any atom is -0.334 e. The zero-order valence-electron chi connectivity index (χ0n) is 16.7. The van der Waals surface area contributed by atoms with Crippen molar-refractivity contribution in [3.8, 4) is 0 Å². The predicted molar refractivity (Wildman–Crippen MR) is 121 cm³/mol. The highest BCUT2D eigenvalue weighted by Gasteiger charge is 2.22. The van der Waals surface area contributed by atoms with E-state index < -0.39 is 0 Å². The number of carbonyl (C=O) groups is 1. The number of aryl methyl sites for hydroxylation is 1. The maximum absolute atomic E-state index is 12.4. The lowest BCUT2D eigenvalue weighted by molar-refractivity contribution is -0.113. The number of amidine groups is 1. The number of likely N-dealkylation sites (N-methyl/N-ethyl adjacent to an activating group) is 1. The van der Waals surface area contributed by atoms with Crippen LogP contribution in [0.5, 0.6) is 0 Å². The summed E-state index contributed by atoms with van der Waals surface area (Å²) < 4.78 is 2.22. The Bertz CT molecular complexity index is 1110. The Labute approximate surface area is 174 Å². The molecule has 1 aromatic heterocycles. The molecule has 1 amide bonds. The molecule has 3 aromatic rings. The molecule has 6 nitrogen and oxygen atoms in total. The van der Waals surface area contributed by atoms with Crippen LogP contribution in [-0.2, 0) is 11.3 Å². The van der Waals surface area contributed by atoms with Crippen molar-refractivity contribution >= 4 is 45.6 Å². The van der Waals surface area contributed by atoms with Gasteiger partial charge in [-0.1, -0.05) is 24.3 Å². The van der Waals surface area contributed by atoms with Crippen molar-refractivity contribution in [2.75, 3.05) is 26.0 Å². The Morgan fingerprint density at radius 3 is 2.72 bits per heavy atom. The van der Waals surface area contributed by atoms with Gasteiger partial charge in [-0.25, -0.2) is 4.98 Å². The summed E-state index contributed by atoms with van der Waals surface area (Å²) in [6, 6.07) is 15.8. The van der Waals surface area contributed by atoms with Crippen LogP contribution in [0.25, 0.3) is 17.1 Å². The molecular formula is C22H23N5OS. The molecule has 0 spiro atoms. The van der Waals surface area contributed by atoms with Gasteiger partial charge in [-0.2, -0.15) is 4.99 Å². The maximum Gasteiger partial charge on any atom is 0.286 e. The summed E-state index contributed by atoms with van der Waals surface area (Å²) in [5.74, 6) is 0.779. The van der Waals surface area contributed by atoms with Crippen LogP contribution < -0.4 is 5.32 Å². The van der Waals surface area contributed by atoms with Crippen LogP contribution in [0.1, 0.15) is 11.4 Å². The van der Waals surface area contributed by atoms with E-state index in [2.05, 4.69) is 44.9 Å². The average Bonchev–Trinajstić information content (AvgIpc) is 3.19. The van der Waals surface area contributed by atoms with Crippen LogP contribution in [0.3, 0.4) is 0 Å². The lowest BCUT2D eigenvalue weighted by Gasteiger charge is -2.12. The van der Waals surface area contributed by atoms with Gasteiger partial charge in [0.1, 0.15) is 5.82 Å². The van der Waals surface area contributed by atoms with Crippen LogP contribution in [0.15, 0.2) is 58.4 Å². The highest BCUT2D eigenvalue weighted by molar-refractivity contribution is 8.18. The van der Waals surface area contributed by atoms with Crippen molar-refractivity contribution in [1.82, 2.24) is 14.5 Å². The first-order valence-electron chi connectivity index (χ1n) is 9.46. The van der Waals surface area contributed by atoms with Gasteiger partial charge in [-0.05, 0) is 68.7 Å². The molecule has 0 saturated heterocycles. The smallest absolute Gasteiger partial charge is 0.286 e. The number of anilines is 1. The van der Waals surface area contributed by atoms with Gasteiger partial charge in [0.25, 0.3) is 5.91 Å². The van der Waals surface area contributed by atoms with Crippen LogP contribution in [0.4, 0.5) is 5.69 Å². The van der Waals surface area contributed by atoms with E-state index in [0.29, 0.717) is 10.1 Å². The number of aromatic nitrogens is 2. The van der Waals surface area contributed by atoms with Gasteiger partial charge in [-0.3, -0.25) is 4.79 Å². The minimum absolute atomic E-state index is 0.217. The second-order valence-corrected chi connectivity index (χ2v) is 8.22. The fraction of sp³-hybridized carbons (Fsp3) is 0.227. The van der Waals surface area contributed by atoms with Crippen LogP contribution >= 0.6 is 11.8 Å². The molecule has 0 atom stereocenters. The maximum atomic E-state index is 12.4. The van der Waals surface area contributed by atoms with Crippen molar-refractivity contribution in [2.45, 2.75) is 13.5 Å². The van der Waals surface area contributed by atoms with E-state index in [1.807, 2.05) is 55.5 Å². The predicted octanol–water partition coefficient (Wildman–Crippen LogP) is 3.99. The van der Waals surface area contributed by atoms with Crippen molar-refractivity contribution in [3.05, 3.63) is 64.8 Å². The van der Waals surface area contributed by atoms with Crippen LogP contribution in [0.2, 0.25) is 0 Å². The Balaban J connectivity index is 1.56. The van der Waals surface area contributed by atoms with E-state index in [-0.39, 0.29) is 5.91 Å². The van der Waals surface area contributed by atoms with Crippen molar-refractivity contribution < 1.29 is 4.79 Å². The Hall–Kier alpha value is -2.90. The average molecular weight is 406 g/mol. The summed E-state index contributed by atoms with van der Waals surface area (Å²) in [6.45, 7) is 3.84. The summed E-state index contributed by atoms with van der Waals surface area (Å²) in [6.07, 6.45) is 1.90. The lowest BCUT2D eigenvalue weighted by atomic mass is 10.2. The van der Waals surface area contributed by atoms with E-state index in [1.165, 1.54) is 11.8 Å². The molecule has 1 aliphatic rings. The molecule has 0 radical (unpaired) electrons. The summed E-state index contributed by atoms with van der Waals surface area (Å²) in [4.78, 5) is 23.9. The fourth-order valence-corrected chi connectivity index (χ4v) is 4.02. The van der Waals surface area contributed by atoms with E-state index in [4.69, 9.17) is 0 Å². The molecule has 0 bridgehead atoms. The molecule has 0 saturated carbocycles. The number of hydrogen-bond acceptors (Lipinski definition) is 5. The molecule has 2 aromatic carbocycles. The normalized spacial score (nSPS) is 15.5. The highest BCUT2D eigenvalue weighted by atomic mass is 32.2. The Kier molecular flexibility index (Phi) is 5.51. The number of hydrogen-bond donors (Lipinski definition) is 1. The molecule has 7 heteroatoms. The molecule has 1 aliphatic heterocycles. The first kappa shape index (κ1) is 19.4. The zero-order valence-corrected chi connectivity index (χ0v) is 17.5. The van der Waals surface area contributed by atoms with Gasteiger partial charge in [0.15, 0.2) is 5.17 Å². The number of carbonyl (C=O) groups excluding carboxylic acids is 1. The van der Waals surface area contributed by atoms with Gasteiger partial charge in [-0.15, -0.1) is 0 Å². The highest BCUT2D eigenvalue weighted by Crippen LogP contribution is 2.30. The van der Waals surface area contributed by atoms with Gasteiger partial charge in [0.2, 0.25) is 0 Å². The summed E-state index contributed by atoms with van der Waals surface area (Å²) >= 11 is 1.36. The number of rotatable bonds is 5. The van der Waals surface area contributed by atoms with Crippen LogP contribution in [0, 0.1) is 6.92 Å². The summed E-state index contributed by atoms with van der Waals surface area (Å²) in [5.41, 5.74) is 3.93. The first-order chi connectivity index (χ1) is 14.0. The third-order valence-corrected chi connectivity index (χ3v) is 5.58. The minimum atomic E-state index is -0.217. The van der Waals surface area contributed by atoms with Crippen LogP contribution in [-0.4, -0.2) is 46.2 Å². The zero-order chi connectivity index (χ0) is 20.4. The monoisotopic (exact) mass is 405 g/mol. The second-order valence-electron chi connectivity index (χ2n) is 7.19. The molecule has 1 N–H and O–H groups in total. The third kappa shape index (κ3) is 4.41. The van der Waals surface area contributed by atoms with E-state index in [1.54, 1.807) is 0 Å². The number of aliphatic imine (C=N–C) groups is 1. The molecule has 0 fully saturated rings. The molecule has 2 heterocycles. The van der Waals surface area contributed by atoms with Gasteiger partial charge < -0.3 is 14.8 Å². The largest absolute Gasteiger partial charge is 0.334 e. The molecule has 148 valence electrons. The lowest BCUT2D eigenvalue weighted by Crippen LogP contribution is -2.18. The van der Waals surface area contributed by atoms with Crippen molar-refractivity contribution in [3.63, 3.8) is 0 Å². The quantitative estimate of drug-likeness (QED) is 0.651. The number of benzene rings is 2. The molecule has 0 aliphatic carbocycles. The van der Waals surface area contributed by atoms with E-state index in [9.17, 15) is 4.79 Å². The van der Waals surface area contributed by atoms with Crippen molar-refractivity contribution in [2.24, 2.45) is 4.99 Å². The fourth-order valence-electron chi connectivity index (χ4n) is 3.19. The number of thioether (sulfide) groups is 1. The van der Waals surface area contributed by atoms with Gasteiger partial charge in [0, 0.05) is 18.8 Å². The molecular weight excluding hydrogens is 382 g/mol. The number of fused-ring (bicyclic) bond motifs is 1. The second kappa shape index (κ2) is 8.23. The standard InChI is InChI=1S/C22H23N5OS/c1-15-23-18-10-9-16(13-19(18)27(15)12-11-26(2)3)14-20-21(28)25-22(29-20)24-17-7-5-4-6-8-17/h4-10,13-14H,11-12H2,1-3H3,(H,24,25,28). The molecule has 0 unspecified atom stereocenters. The summed E-state index contributed by atoms with van der Waals surface area (Å²) in [5, 5.41) is 3.79. The Morgan fingerprint density at radius 2 is 1.97 bits per heavy atom. The van der Waals surface area contributed by atoms with E-state index in [0.717, 1.165) is 41.2 Å². The Morgan fingerprint density at radius 1 is 1.17 bits per heavy atom. The van der Waals surface area contributed by atoms with Crippen molar-refractivity contribution in [1.29, 1.82) is 0 Å². The molecule has 29 heavy (non-hydrogen) atoms. The third-order valence-electron chi connectivity index (χ3n) is 4.68.